The maximum absolute atomic E-state index is 14.2. The van der Waals surface area contributed by atoms with Gasteiger partial charge in [0, 0.05) is 32.0 Å². The van der Waals surface area contributed by atoms with Crippen LogP contribution in [0.15, 0.2) is 30.5 Å². The van der Waals surface area contributed by atoms with Gasteiger partial charge in [0.05, 0.1) is 16.6 Å². The number of likely N-dealkylation sites (tertiary alicyclic amines) is 1. The maximum Gasteiger partial charge on any atom is 0.162 e. The van der Waals surface area contributed by atoms with Crippen molar-refractivity contribution in [3.8, 4) is 0 Å². The fourth-order valence-corrected chi connectivity index (χ4v) is 3.85. The molecule has 4 nitrogen and oxygen atoms in total. The first-order valence-corrected chi connectivity index (χ1v) is 9.34. The summed E-state index contributed by atoms with van der Waals surface area (Å²) in [4.78, 5) is 10.2. The molecule has 26 heavy (non-hydrogen) atoms. The van der Waals surface area contributed by atoms with Crippen molar-refractivity contribution in [1.82, 2.24) is 14.9 Å². The number of halogens is 3. The lowest BCUT2D eigenvalue weighted by atomic mass is 10.0. The number of anilines is 1. The molecule has 136 valence electrons. The Balaban J connectivity index is 1.58. The Hall–Kier alpha value is -1.47. The average Bonchev–Trinajstić information content (AvgIpc) is 3.10. The summed E-state index contributed by atoms with van der Waals surface area (Å²) in [5.74, 6) is -1.08. The van der Waals surface area contributed by atoms with E-state index in [2.05, 4.69) is 9.97 Å². The molecule has 0 radical (unpaired) electrons. The molecule has 4 rings (SSSR count). The van der Waals surface area contributed by atoms with Crippen LogP contribution in [0.1, 0.15) is 26.6 Å². The van der Waals surface area contributed by atoms with Crippen LogP contribution in [0.25, 0.3) is 10.2 Å². The zero-order valence-corrected chi connectivity index (χ0v) is 15.6. The first kappa shape index (κ1) is 11.4. The molecule has 2 aromatic heterocycles. The van der Waals surface area contributed by atoms with E-state index in [0.29, 0.717) is 10.2 Å². The summed E-state index contributed by atoms with van der Waals surface area (Å²) in [5, 5.41) is 0.785. The van der Waals surface area contributed by atoms with Gasteiger partial charge in [0.1, 0.15) is 22.8 Å². The van der Waals surface area contributed by atoms with Crippen molar-refractivity contribution >= 4 is 50.6 Å². The third-order valence-corrected chi connectivity index (χ3v) is 5.16. The van der Waals surface area contributed by atoms with E-state index in [4.69, 9.17) is 32.8 Å². The van der Waals surface area contributed by atoms with Crippen molar-refractivity contribution in [3.05, 3.63) is 51.2 Å². The predicted octanol–water partition coefficient (Wildman–Crippen LogP) is 5.21. The minimum absolute atomic E-state index is 0.000490. The van der Waals surface area contributed by atoms with Crippen LogP contribution in [0.4, 0.5) is 10.2 Å². The van der Waals surface area contributed by atoms with Gasteiger partial charge in [-0.15, -0.1) is 11.3 Å². The summed E-state index contributed by atoms with van der Waals surface area (Å²) in [7, 11) is 0. The molecule has 1 fully saturated rings. The highest BCUT2D eigenvalue weighted by molar-refractivity contribution is 7.22. The lowest BCUT2D eigenvalue weighted by molar-refractivity contribution is 0.211. The zero-order valence-electron chi connectivity index (χ0n) is 20.3. The summed E-state index contributed by atoms with van der Waals surface area (Å²) < 4.78 is 72.1. The van der Waals surface area contributed by atoms with E-state index >= 15 is 0 Å². The first-order valence-electron chi connectivity index (χ1n) is 11.3. The number of thiophene rings is 1. The summed E-state index contributed by atoms with van der Waals surface area (Å²) in [6.45, 7) is -0.983. The van der Waals surface area contributed by atoms with Gasteiger partial charge in [-0.3, -0.25) is 4.90 Å². The Kier molecular flexibility index (Phi) is 3.35. The number of fused-ring (bicyclic) bond motifs is 1. The predicted molar refractivity (Wildman–Crippen MR) is 106 cm³/mol. The van der Waals surface area contributed by atoms with Crippen LogP contribution < -0.4 is 5.31 Å². The van der Waals surface area contributed by atoms with E-state index in [1.807, 2.05) is 0 Å². The Bertz CT molecular complexity index is 1210. The topological polar surface area (TPSA) is 41.0 Å². The standard InChI is InChI=1S/C18H17Cl2FN4S/c19-12-5-11(6-13(21)7-12)9-25-3-1-14(2-4-25)24-17-15-8-16(20)26-18(15)23-10-22-17/h5-8,10,14H,1-4,9H2,(H,22,23,24)/i5D,6D,7D,8D,9D,14D/hD. The van der Waals surface area contributed by atoms with E-state index < -0.39 is 41.5 Å². The van der Waals surface area contributed by atoms with Crippen molar-refractivity contribution < 1.29 is 14.0 Å². The van der Waals surface area contributed by atoms with Crippen LogP contribution in [0.2, 0.25) is 10.8 Å². The van der Waals surface area contributed by atoms with Crippen molar-refractivity contribution in [2.45, 2.75) is 25.4 Å². The highest BCUT2D eigenvalue weighted by Crippen LogP contribution is 2.32. The van der Waals surface area contributed by atoms with Crippen molar-refractivity contribution in [1.29, 1.82) is 0 Å². The summed E-state index contributed by atoms with van der Waals surface area (Å²) >= 11 is 13.0. The molecule has 0 spiro atoms. The number of hydrogen-bond acceptors (Lipinski definition) is 5. The average molecular weight is 418 g/mol. The lowest BCUT2D eigenvalue weighted by Crippen LogP contribution is -2.38. The second kappa shape index (κ2) is 7.64. The monoisotopic (exact) mass is 417 g/mol. The Morgan fingerprint density at radius 2 is 2.15 bits per heavy atom. The van der Waals surface area contributed by atoms with Crippen molar-refractivity contribution in [2.24, 2.45) is 0 Å². The van der Waals surface area contributed by atoms with Crippen LogP contribution in [-0.2, 0) is 6.52 Å². The molecule has 0 aliphatic carbocycles. The van der Waals surface area contributed by atoms with Gasteiger partial charge in [-0.1, -0.05) is 23.2 Å². The van der Waals surface area contributed by atoms with Gasteiger partial charge in [-0.25, -0.2) is 14.4 Å². The summed E-state index contributed by atoms with van der Waals surface area (Å²) in [6.07, 6.45) is 1.47. The second-order valence-corrected chi connectivity index (χ2v) is 7.62. The van der Waals surface area contributed by atoms with Crippen LogP contribution in [-0.4, -0.2) is 34.0 Å². The van der Waals surface area contributed by atoms with Gasteiger partial charge in [-0.05, 0) is 42.6 Å². The van der Waals surface area contributed by atoms with E-state index in [1.54, 1.807) is 4.90 Å². The molecule has 0 bridgehead atoms. The fourth-order valence-electron chi connectivity index (χ4n) is 2.69. The van der Waals surface area contributed by atoms with Gasteiger partial charge in [0.25, 0.3) is 0 Å². The molecule has 1 N–H and O–H groups in total. The number of piperidine rings is 1. The van der Waals surface area contributed by atoms with Gasteiger partial charge in [0.2, 0.25) is 0 Å². The van der Waals surface area contributed by atoms with Gasteiger partial charge in [-0.2, -0.15) is 0 Å². The highest BCUT2D eigenvalue weighted by atomic mass is 35.5. The molecule has 8 heteroatoms. The molecule has 0 saturated carbocycles. The third kappa shape index (κ3) is 4.09. The summed E-state index contributed by atoms with van der Waals surface area (Å²) in [6, 6.07) is -3.31. The molecule has 0 amide bonds. The lowest BCUT2D eigenvalue weighted by Gasteiger charge is -2.32. The van der Waals surface area contributed by atoms with E-state index in [-0.39, 0.29) is 47.7 Å². The molecule has 1 aromatic carbocycles. The smallest absolute Gasteiger partial charge is 0.162 e. The van der Waals surface area contributed by atoms with E-state index in [9.17, 15) is 4.39 Å². The Labute approximate surface area is 174 Å². The number of benzene rings is 1. The number of rotatable bonds is 4. The van der Waals surface area contributed by atoms with Crippen LogP contribution >= 0.6 is 34.5 Å². The minimum Gasteiger partial charge on any atom is -0.367 e. The zero-order chi connectivity index (χ0) is 24.2. The minimum atomic E-state index is -1.43. The molecule has 1 aliphatic rings. The quantitative estimate of drug-likeness (QED) is 0.631. The normalized spacial score (nSPS) is 22.5. The fraction of sp³-hybridized carbons (Fsp3) is 0.333. The molecule has 3 aromatic rings. The largest absolute Gasteiger partial charge is 0.367 e. The van der Waals surface area contributed by atoms with Crippen molar-refractivity contribution in [3.63, 3.8) is 0 Å². The van der Waals surface area contributed by atoms with Crippen LogP contribution in [0.5, 0.6) is 0 Å². The second-order valence-electron chi connectivity index (χ2n) is 5.64. The Morgan fingerprint density at radius 3 is 2.96 bits per heavy atom. The third-order valence-electron chi connectivity index (χ3n) is 3.86. The Morgan fingerprint density at radius 1 is 1.35 bits per heavy atom. The molecule has 1 aliphatic heterocycles. The van der Waals surface area contributed by atoms with Crippen molar-refractivity contribution in [2.75, 3.05) is 18.4 Å². The van der Waals surface area contributed by atoms with E-state index in [0.717, 1.165) is 16.6 Å². The molecule has 1 saturated heterocycles. The SMILES string of the molecule is [2H]c1c(F)c([2H])c(C([2H])N2CCC([2H])(N([2H])c3ncnc4sc(Cl)c([2H])c34)CC2)c([2H])c1Cl. The first-order chi connectivity index (χ1) is 15.5. The number of hydrogen-bond donors (Lipinski definition) is 1. The van der Waals surface area contributed by atoms with Crippen LogP contribution in [0, 0.1) is 5.82 Å². The number of nitrogens with one attached hydrogen (secondary N) is 1. The van der Waals surface area contributed by atoms with Gasteiger partial charge < -0.3 is 5.31 Å². The van der Waals surface area contributed by atoms with Crippen LogP contribution in [0.3, 0.4) is 0 Å². The molecular weight excluding hydrogens is 394 g/mol. The molecule has 1 atom stereocenters. The summed E-state index contributed by atoms with van der Waals surface area (Å²) in [5.41, 5.74) is -0.238. The van der Waals surface area contributed by atoms with Gasteiger partial charge >= 0.3 is 0 Å². The van der Waals surface area contributed by atoms with Gasteiger partial charge in [0.15, 0.2) is 1.41 Å². The molecule has 1 unspecified atom stereocenters. The molecule has 3 heterocycles. The number of aromatic nitrogens is 2. The maximum atomic E-state index is 14.2. The molecular formula is C18H17Cl2FN4S. The van der Waals surface area contributed by atoms with E-state index in [1.165, 1.54) is 6.33 Å². The highest BCUT2D eigenvalue weighted by Gasteiger charge is 2.21. The number of nitrogens with zero attached hydrogens (tertiary/aromatic N) is 3.